The predicted octanol–water partition coefficient (Wildman–Crippen LogP) is 3.61. The average molecular weight is 495 g/mol. The van der Waals surface area contributed by atoms with Gasteiger partial charge >= 0.3 is 6.18 Å². The van der Waals surface area contributed by atoms with Crippen molar-refractivity contribution in [2.75, 3.05) is 17.7 Å². The number of aliphatic imine (C=N–C) groups is 2. The lowest BCUT2D eigenvalue weighted by Gasteiger charge is -2.13. The van der Waals surface area contributed by atoms with Crippen molar-refractivity contribution in [1.29, 1.82) is 5.41 Å². The van der Waals surface area contributed by atoms with Crippen LogP contribution in [0.5, 0.6) is 0 Å². The van der Waals surface area contributed by atoms with Gasteiger partial charge in [-0.25, -0.2) is 9.98 Å². The Balaban J connectivity index is 1.64. The molecule has 0 fully saturated rings. The van der Waals surface area contributed by atoms with E-state index in [1.807, 2.05) is 36.4 Å². The van der Waals surface area contributed by atoms with Crippen LogP contribution in [-0.4, -0.2) is 41.7 Å². The number of amides is 1. The number of rotatable bonds is 4. The molecule has 4 rings (SSSR count). The van der Waals surface area contributed by atoms with Gasteiger partial charge in [0, 0.05) is 24.4 Å². The Morgan fingerprint density at radius 2 is 1.86 bits per heavy atom. The molecular weight excluding hydrogens is 475 g/mol. The van der Waals surface area contributed by atoms with Crippen molar-refractivity contribution in [3.05, 3.63) is 89.2 Å². The zero-order valence-electron chi connectivity index (χ0n) is 18.8. The lowest BCUT2D eigenvalue weighted by atomic mass is 10.0. The normalized spacial score (nSPS) is 15.8. The Bertz CT molecular complexity index is 1370. The molecule has 1 amide bonds. The molecule has 36 heavy (non-hydrogen) atoms. The van der Waals surface area contributed by atoms with Crippen LogP contribution >= 0.6 is 0 Å². The molecule has 1 aliphatic heterocycles. The van der Waals surface area contributed by atoms with Gasteiger partial charge in [0.05, 0.1) is 22.6 Å². The molecule has 0 saturated carbocycles. The van der Waals surface area contributed by atoms with Crippen LogP contribution in [0.2, 0.25) is 0 Å². The molecule has 2 heterocycles. The highest BCUT2D eigenvalue weighted by atomic mass is 19.4. The minimum atomic E-state index is -4.61. The molecule has 12 heteroatoms. The van der Waals surface area contributed by atoms with Gasteiger partial charge in [0.2, 0.25) is 12.1 Å². The molecule has 0 saturated heterocycles. The Hall–Kier alpha value is -4.74. The molecule has 184 valence electrons. The SMILES string of the molecule is CNc1cc(C(F)(F)F)cnc1C(=N)OC(N)=NC1N=C(c2ccccc2)c2ccccc2NC1=O. The summed E-state index contributed by atoms with van der Waals surface area (Å²) in [6, 6.07) is 16.5. The lowest BCUT2D eigenvalue weighted by molar-refractivity contribution is -0.137. The van der Waals surface area contributed by atoms with Gasteiger partial charge in [0.25, 0.3) is 11.9 Å². The van der Waals surface area contributed by atoms with Gasteiger partial charge < -0.3 is 21.1 Å². The monoisotopic (exact) mass is 495 g/mol. The molecule has 1 atom stereocenters. The van der Waals surface area contributed by atoms with Crippen molar-refractivity contribution in [1.82, 2.24) is 4.98 Å². The van der Waals surface area contributed by atoms with Gasteiger partial charge in [-0.15, -0.1) is 0 Å². The van der Waals surface area contributed by atoms with Gasteiger partial charge in [-0.3, -0.25) is 10.2 Å². The number of anilines is 2. The Morgan fingerprint density at radius 1 is 1.17 bits per heavy atom. The number of aromatic nitrogens is 1. The number of fused-ring (bicyclic) bond motifs is 1. The number of benzodiazepines with no additional fused rings is 1. The maximum Gasteiger partial charge on any atom is 0.417 e. The lowest BCUT2D eigenvalue weighted by Crippen LogP contribution is -2.29. The molecular formula is C24H20F3N7O2. The summed E-state index contributed by atoms with van der Waals surface area (Å²) in [7, 11) is 1.37. The summed E-state index contributed by atoms with van der Waals surface area (Å²) >= 11 is 0. The number of halogens is 3. The maximum absolute atomic E-state index is 13.0. The topological polar surface area (TPSA) is 138 Å². The Kier molecular flexibility index (Phi) is 6.68. The molecule has 0 bridgehead atoms. The third-order valence-corrected chi connectivity index (χ3v) is 5.13. The molecule has 2 aromatic carbocycles. The van der Waals surface area contributed by atoms with Crippen LogP contribution in [0.1, 0.15) is 22.4 Å². The highest BCUT2D eigenvalue weighted by Crippen LogP contribution is 2.31. The van der Waals surface area contributed by atoms with Crippen LogP contribution in [-0.2, 0) is 15.7 Å². The molecule has 1 unspecified atom stereocenters. The number of benzene rings is 2. The summed E-state index contributed by atoms with van der Waals surface area (Å²) in [5.41, 5.74) is 6.95. The standard InChI is InChI=1S/C24H20F3N7O2/c1-30-17-11-14(24(25,26)27)12-31-19(17)20(28)36-23(29)34-21-22(35)32-16-10-6-5-9-15(16)18(33-21)13-7-3-2-4-8-13/h2-12,21,28,30H,1H3,(H2,29,34)(H,32,35). The van der Waals surface area contributed by atoms with E-state index >= 15 is 0 Å². The first-order valence-electron chi connectivity index (χ1n) is 10.6. The van der Waals surface area contributed by atoms with Crippen LogP contribution in [0.15, 0.2) is 76.8 Å². The number of hydrogen-bond donors (Lipinski definition) is 4. The molecule has 1 aliphatic rings. The molecule has 3 aromatic rings. The summed E-state index contributed by atoms with van der Waals surface area (Å²) in [5, 5.41) is 13.4. The first-order chi connectivity index (χ1) is 17.2. The average Bonchev–Trinajstić information content (AvgIpc) is 2.99. The quantitative estimate of drug-likeness (QED) is 0.324. The second kappa shape index (κ2) is 9.86. The van der Waals surface area contributed by atoms with Crippen molar-refractivity contribution in [2.45, 2.75) is 12.3 Å². The molecule has 9 nitrogen and oxygen atoms in total. The Morgan fingerprint density at radius 3 is 2.56 bits per heavy atom. The molecule has 0 spiro atoms. The summed E-state index contributed by atoms with van der Waals surface area (Å²) < 4.78 is 44.2. The van der Waals surface area contributed by atoms with E-state index < -0.39 is 35.7 Å². The van der Waals surface area contributed by atoms with Crippen LogP contribution < -0.4 is 16.4 Å². The highest BCUT2D eigenvalue weighted by molar-refractivity contribution is 6.19. The van der Waals surface area contributed by atoms with E-state index in [0.717, 1.165) is 11.6 Å². The maximum atomic E-state index is 13.0. The zero-order valence-corrected chi connectivity index (χ0v) is 18.8. The number of ether oxygens (including phenoxy) is 1. The highest BCUT2D eigenvalue weighted by Gasteiger charge is 2.32. The van der Waals surface area contributed by atoms with Gasteiger partial charge in [0.15, 0.2) is 0 Å². The fourth-order valence-corrected chi connectivity index (χ4v) is 3.45. The van der Waals surface area contributed by atoms with E-state index in [-0.39, 0.29) is 11.4 Å². The van der Waals surface area contributed by atoms with E-state index in [1.165, 1.54) is 7.05 Å². The minimum absolute atomic E-state index is 0.102. The van der Waals surface area contributed by atoms with Crippen molar-refractivity contribution in [2.24, 2.45) is 15.7 Å². The first-order valence-corrected chi connectivity index (χ1v) is 10.6. The fourth-order valence-electron chi connectivity index (χ4n) is 3.45. The van der Waals surface area contributed by atoms with Crippen molar-refractivity contribution < 1.29 is 22.7 Å². The summed E-state index contributed by atoms with van der Waals surface area (Å²) in [6.07, 6.45) is -5.39. The van der Waals surface area contributed by atoms with Gasteiger partial charge in [-0.1, -0.05) is 48.5 Å². The summed E-state index contributed by atoms with van der Waals surface area (Å²) in [4.78, 5) is 25.0. The largest absolute Gasteiger partial charge is 0.417 e. The number of carbonyl (C=O) groups is 1. The minimum Gasteiger partial charge on any atom is -0.405 e. The van der Waals surface area contributed by atoms with Crippen molar-refractivity contribution >= 4 is 34.9 Å². The summed E-state index contributed by atoms with van der Waals surface area (Å²) in [6.45, 7) is 0. The fraction of sp³-hybridized carbons (Fsp3) is 0.125. The van der Waals surface area contributed by atoms with Crippen molar-refractivity contribution in [3.8, 4) is 0 Å². The number of carbonyl (C=O) groups excluding carboxylic acids is 1. The van der Waals surface area contributed by atoms with E-state index in [9.17, 15) is 18.0 Å². The number of para-hydroxylation sites is 1. The van der Waals surface area contributed by atoms with Gasteiger partial charge in [-0.05, 0) is 12.1 Å². The number of amidine groups is 1. The van der Waals surface area contributed by atoms with Crippen LogP contribution in [0.25, 0.3) is 0 Å². The van der Waals surface area contributed by atoms with E-state index in [1.54, 1.807) is 18.2 Å². The second-order valence-electron chi connectivity index (χ2n) is 7.52. The second-order valence-corrected chi connectivity index (χ2v) is 7.52. The number of hydrogen-bond acceptors (Lipinski definition) is 7. The van der Waals surface area contributed by atoms with Gasteiger partial charge in [-0.2, -0.15) is 18.2 Å². The smallest absolute Gasteiger partial charge is 0.405 e. The van der Waals surface area contributed by atoms with Crippen LogP contribution in [0.4, 0.5) is 24.5 Å². The molecule has 5 N–H and O–H groups in total. The van der Waals surface area contributed by atoms with E-state index in [2.05, 4.69) is 25.6 Å². The third kappa shape index (κ3) is 5.17. The molecule has 1 aromatic heterocycles. The molecule has 0 radical (unpaired) electrons. The number of nitrogens with one attached hydrogen (secondary N) is 3. The third-order valence-electron chi connectivity index (χ3n) is 5.13. The Labute approximate surface area is 203 Å². The zero-order chi connectivity index (χ0) is 25.9. The summed E-state index contributed by atoms with van der Waals surface area (Å²) in [5.74, 6) is -1.26. The number of nitrogens with zero attached hydrogens (tertiary/aromatic N) is 3. The number of pyridine rings is 1. The van der Waals surface area contributed by atoms with Gasteiger partial charge in [0.1, 0.15) is 5.69 Å². The van der Waals surface area contributed by atoms with E-state index in [0.29, 0.717) is 23.2 Å². The predicted molar refractivity (Wildman–Crippen MR) is 129 cm³/mol. The van der Waals surface area contributed by atoms with E-state index in [4.69, 9.17) is 15.9 Å². The number of nitrogens with two attached hydrogens (primary N) is 1. The first kappa shape index (κ1) is 24.4. The van der Waals surface area contributed by atoms with Crippen molar-refractivity contribution in [3.63, 3.8) is 0 Å². The molecule has 0 aliphatic carbocycles. The van der Waals surface area contributed by atoms with Crippen LogP contribution in [0, 0.1) is 5.41 Å². The van der Waals surface area contributed by atoms with Crippen LogP contribution in [0.3, 0.4) is 0 Å². The number of alkyl halides is 3.